The maximum atomic E-state index is 12.8. The SMILES string of the molecule is Nc1ncnc2c1ncn2[C@@H]1O[C@H](C(=O)NCCCCCC[N+]23CCN4CCN5CCN(CC2)C543)[C@@H](O)[C@H]1O. The van der Waals surface area contributed by atoms with Crippen molar-refractivity contribution >= 4 is 22.9 Å². The van der Waals surface area contributed by atoms with Gasteiger partial charge in [0.25, 0.3) is 11.8 Å². The first-order chi connectivity index (χ1) is 19.0. The number of rotatable bonds is 9. The standard InChI is InChI=1S/C25H38N10O4/c26-21-17-22(29-15-28-21)34(16-30-17)24-19(37)18(36)20(39-24)23(38)27-5-3-1-2-4-12-35-13-10-32-8-6-31-7-9-33(11-14-35)25(31,32)35/h15-16,18-20,24,36-37H,1-14H2,(H2-,26,27,28,29,38)/p+1/t18-,19+,20-,24+,25?,35?/m0/s1. The molecule has 0 aliphatic carbocycles. The second-order valence-electron chi connectivity index (χ2n) is 11.6. The van der Waals surface area contributed by atoms with Crippen LogP contribution in [-0.4, -0.2) is 144 Å². The first kappa shape index (κ1) is 25.5. The Kier molecular flexibility index (Phi) is 6.26. The Balaban J connectivity index is 0.876. The molecule has 2 aromatic rings. The molecule has 0 unspecified atom stereocenters. The van der Waals surface area contributed by atoms with Crippen LogP contribution in [0, 0.1) is 0 Å². The molecule has 5 saturated heterocycles. The van der Waals surface area contributed by atoms with Gasteiger partial charge in [0.2, 0.25) is 0 Å². The fraction of sp³-hybridized carbons (Fsp3) is 0.760. The van der Waals surface area contributed by atoms with Crippen molar-refractivity contribution in [3.8, 4) is 0 Å². The highest BCUT2D eigenvalue weighted by atomic mass is 16.6. The number of carbonyl (C=O) groups is 1. The van der Waals surface area contributed by atoms with Crippen LogP contribution in [0.4, 0.5) is 5.82 Å². The molecule has 5 aliphatic heterocycles. The fourth-order valence-corrected chi connectivity index (χ4v) is 8.00. The van der Waals surface area contributed by atoms with E-state index in [0.717, 1.165) is 19.3 Å². The van der Waals surface area contributed by atoms with Gasteiger partial charge >= 0.3 is 0 Å². The van der Waals surface area contributed by atoms with Gasteiger partial charge in [0.1, 0.15) is 24.1 Å². The minimum absolute atomic E-state index is 0.154. The molecular weight excluding hydrogens is 504 g/mol. The summed E-state index contributed by atoms with van der Waals surface area (Å²) in [5.74, 6) is -0.0769. The second-order valence-corrected chi connectivity index (χ2v) is 11.6. The highest BCUT2D eigenvalue weighted by Gasteiger charge is 2.74. The third kappa shape index (κ3) is 3.66. The Labute approximate surface area is 226 Å². The number of nitrogens with one attached hydrogen (secondary N) is 1. The number of carbonyl (C=O) groups excluding carboxylic acids is 1. The minimum Gasteiger partial charge on any atom is -0.387 e. The van der Waals surface area contributed by atoms with Crippen LogP contribution in [0.25, 0.3) is 11.2 Å². The van der Waals surface area contributed by atoms with E-state index in [1.165, 1.54) is 87.0 Å². The topological polar surface area (TPSA) is 158 Å². The van der Waals surface area contributed by atoms with Gasteiger partial charge in [-0.25, -0.2) is 29.7 Å². The molecular formula is C25H39N10O4+. The van der Waals surface area contributed by atoms with Crippen LogP contribution in [0.5, 0.6) is 0 Å². The zero-order valence-electron chi connectivity index (χ0n) is 22.2. The number of hydrogen-bond acceptors (Lipinski definition) is 11. The lowest BCUT2D eigenvalue weighted by Crippen LogP contribution is -2.68. The molecule has 2 aromatic heterocycles. The number of aliphatic hydroxyl groups excluding tert-OH is 2. The van der Waals surface area contributed by atoms with Crippen molar-refractivity contribution in [2.45, 2.75) is 56.1 Å². The van der Waals surface area contributed by atoms with E-state index < -0.39 is 30.4 Å². The van der Waals surface area contributed by atoms with Crippen LogP contribution in [0.15, 0.2) is 12.7 Å². The quantitative estimate of drug-likeness (QED) is 0.207. The number of amides is 1. The smallest absolute Gasteiger partial charge is 0.280 e. The largest absolute Gasteiger partial charge is 0.387 e. The Hall–Kier alpha value is -2.46. The van der Waals surface area contributed by atoms with E-state index in [-0.39, 0.29) is 11.7 Å². The van der Waals surface area contributed by atoms with Gasteiger partial charge in [0.15, 0.2) is 23.8 Å². The summed E-state index contributed by atoms with van der Waals surface area (Å²) in [6, 6.07) is 0. The van der Waals surface area contributed by atoms with Crippen LogP contribution in [-0.2, 0) is 9.53 Å². The number of aliphatic hydroxyl groups is 2. The maximum Gasteiger partial charge on any atom is 0.280 e. The zero-order valence-corrected chi connectivity index (χ0v) is 22.2. The van der Waals surface area contributed by atoms with Crippen LogP contribution < -0.4 is 11.1 Å². The Bertz CT molecular complexity index is 1210. The lowest BCUT2D eigenvalue weighted by molar-refractivity contribution is -0.974. The third-order valence-electron chi connectivity index (χ3n) is 9.75. The minimum atomic E-state index is -1.37. The molecule has 0 bridgehead atoms. The number of aromatic nitrogens is 4. The van der Waals surface area contributed by atoms with Crippen molar-refractivity contribution in [1.29, 1.82) is 0 Å². The molecule has 7 rings (SSSR count). The lowest BCUT2D eigenvalue weighted by Gasteiger charge is -2.46. The van der Waals surface area contributed by atoms with Crippen molar-refractivity contribution in [2.75, 3.05) is 71.2 Å². The number of ether oxygens (including phenoxy) is 1. The second kappa shape index (κ2) is 9.58. The average molecular weight is 544 g/mol. The van der Waals surface area contributed by atoms with Crippen molar-refractivity contribution in [3.63, 3.8) is 0 Å². The summed E-state index contributed by atoms with van der Waals surface area (Å²) in [4.78, 5) is 33.3. The van der Waals surface area contributed by atoms with Crippen molar-refractivity contribution in [3.05, 3.63) is 12.7 Å². The molecule has 7 heterocycles. The summed E-state index contributed by atoms with van der Waals surface area (Å²) in [5.41, 5.74) is 6.57. The lowest BCUT2D eigenvalue weighted by atomic mass is 10.1. The van der Waals surface area contributed by atoms with E-state index in [2.05, 4.69) is 35.0 Å². The van der Waals surface area contributed by atoms with Crippen LogP contribution in [0.1, 0.15) is 31.9 Å². The van der Waals surface area contributed by atoms with Gasteiger partial charge in [-0.15, -0.1) is 0 Å². The number of nitrogens with two attached hydrogens (primary N) is 1. The molecule has 0 radical (unpaired) electrons. The molecule has 212 valence electrons. The molecule has 5 fully saturated rings. The van der Waals surface area contributed by atoms with Gasteiger partial charge in [0.05, 0.1) is 39.1 Å². The van der Waals surface area contributed by atoms with Gasteiger partial charge in [-0.05, 0) is 19.3 Å². The molecule has 14 heteroatoms. The molecule has 14 nitrogen and oxygen atoms in total. The van der Waals surface area contributed by atoms with E-state index in [1.54, 1.807) is 0 Å². The van der Waals surface area contributed by atoms with Gasteiger partial charge in [-0.2, -0.15) is 0 Å². The summed E-state index contributed by atoms with van der Waals surface area (Å²) in [6.45, 7) is 11.5. The van der Waals surface area contributed by atoms with Crippen molar-refractivity contribution < 1.29 is 24.2 Å². The Morgan fingerprint density at radius 3 is 2.44 bits per heavy atom. The number of hydrogen-bond donors (Lipinski definition) is 4. The number of quaternary nitrogens is 1. The van der Waals surface area contributed by atoms with E-state index in [0.29, 0.717) is 17.7 Å². The number of unbranched alkanes of at least 4 members (excludes halogenated alkanes) is 3. The van der Waals surface area contributed by atoms with E-state index >= 15 is 0 Å². The summed E-state index contributed by atoms with van der Waals surface area (Å²) in [5, 5.41) is 24.0. The summed E-state index contributed by atoms with van der Waals surface area (Å²) >= 11 is 0. The molecule has 1 amide bonds. The molecule has 39 heavy (non-hydrogen) atoms. The van der Waals surface area contributed by atoms with Crippen molar-refractivity contribution in [2.24, 2.45) is 0 Å². The predicted octanol–water partition coefficient (Wildman–Crippen LogP) is -1.91. The van der Waals surface area contributed by atoms with Crippen LogP contribution in [0.3, 0.4) is 0 Å². The highest BCUT2D eigenvalue weighted by molar-refractivity contribution is 5.82. The molecule has 5 aliphatic rings. The van der Waals surface area contributed by atoms with Gasteiger partial charge in [-0.1, -0.05) is 6.42 Å². The maximum absolute atomic E-state index is 12.8. The van der Waals surface area contributed by atoms with Crippen LogP contribution >= 0.6 is 0 Å². The number of nitrogens with zero attached hydrogens (tertiary/aromatic N) is 8. The number of fused-ring (bicyclic) bond motifs is 1. The molecule has 5 N–H and O–H groups in total. The first-order valence-corrected chi connectivity index (χ1v) is 14.3. The first-order valence-electron chi connectivity index (χ1n) is 14.3. The molecule has 1 spiro atoms. The monoisotopic (exact) mass is 543 g/mol. The van der Waals surface area contributed by atoms with Crippen LogP contribution in [0.2, 0.25) is 0 Å². The highest BCUT2D eigenvalue weighted by Crippen LogP contribution is 2.50. The molecule has 0 aromatic carbocycles. The van der Waals surface area contributed by atoms with Gasteiger partial charge in [-0.3, -0.25) is 13.8 Å². The summed E-state index contributed by atoms with van der Waals surface area (Å²) in [6.07, 6.45) is 2.03. The van der Waals surface area contributed by atoms with Crippen molar-refractivity contribution in [1.82, 2.24) is 39.5 Å². The Morgan fingerprint density at radius 2 is 1.69 bits per heavy atom. The van der Waals surface area contributed by atoms with Gasteiger partial charge < -0.3 is 26.0 Å². The summed E-state index contributed by atoms with van der Waals surface area (Å²) < 4.78 is 8.47. The number of anilines is 1. The predicted molar refractivity (Wildman–Crippen MR) is 139 cm³/mol. The average Bonchev–Trinajstić information content (AvgIpc) is 3.73. The molecule has 0 saturated carbocycles. The van der Waals surface area contributed by atoms with Gasteiger partial charge in [0, 0.05) is 32.7 Å². The number of imidazole rings is 1. The fourth-order valence-electron chi connectivity index (χ4n) is 8.00. The van der Waals surface area contributed by atoms with E-state index in [4.69, 9.17) is 10.5 Å². The third-order valence-corrected chi connectivity index (χ3v) is 9.75. The zero-order chi connectivity index (χ0) is 26.8. The molecule has 4 atom stereocenters. The normalized spacial score (nSPS) is 36.3. The van der Waals surface area contributed by atoms with E-state index in [1.807, 2.05) is 0 Å². The summed E-state index contributed by atoms with van der Waals surface area (Å²) in [7, 11) is 0. The number of nitrogen functional groups attached to an aromatic ring is 1. The van der Waals surface area contributed by atoms with E-state index in [9.17, 15) is 15.0 Å². The Morgan fingerprint density at radius 1 is 1.00 bits per heavy atom.